The van der Waals surface area contributed by atoms with Crippen LogP contribution in [0.4, 0.5) is 0 Å². The van der Waals surface area contributed by atoms with E-state index < -0.39 is 0 Å². The third-order valence-corrected chi connectivity index (χ3v) is 3.41. The van der Waals surface area contributed by atoms with Crippen LogP contribution in [-0.4, -0.2) is 23.9 Å². The SMILES string of the molecule is CCCN(Cc1ccccc1)C(=O)CCCCCCN.Cl. The van der Waals surface area contributed by atoms with Crippen LogP contribution in [0.1, 0.15) is 51.0 Å². The molecule has 0 heterocycles. The van der Waals surface area contributed by atoms with Gasteiger partial charge in [0.25, 0.3) is 0 Å². The Morgan fingerprint density at radius 3 is 2.38 bits per heavy atom. The summed E-state index contributed by atoms with van der Waals surface area (Å²) < 4.78 is 0. The first-order valence-electron chi connectivity index (χ1n) is 7.79. The molecule has 0 atom stereocenters. The molecule has 0 fully saturated rings. The van der Waals surface area contributed by atoms with Crippen LogP contribution < -0.4 is 5.73 Å². The second-order valence-electron chi connectivity index (χ2n) is 5.25. The van der Waals surface area contributed by atoms with Gasteiger partial charge in [0.1, 0.15) is 0 Å². The minimum Gasteiger partial charge on any atom is -0.338 e. The lowest BCUT2D eigenvalue weighted by atomic mass is 10.1. The number of hydrogen-bond acceptors (Lipinski definition) is 2. The topological polar surface area (TPSA) is 46.3 Å². The van der Waals surface area contributed by atoms with Gasteiger partial charge in [-0.1, -0.05) is 50.1 Å². The first-order chi connectivity index (χ1) is 9.77. The van der Waals surface area contributed by atoms with Crippen molar-refractivity contribution in [3.63, 3.8) is 0 Å². The Morgan fingerprint density at radius 1 is 1.10 bits per heavy atom. The fourth-order valence-electron chi connectivity index (χ4n) is 2.30. The Morgan fingerprint density at radius 2 is 1.76 bits per heavy atom. The van der Waals surface area contributed by atoms with Gasteiger partial charge in [0.2, 0.25) is 5.91 Å². The van der Waals surface area contributed by atoms with Crippen molar-refractivity contribution in [3.05, 3.63) is 35.9 Å². The third kappa shape index (κ3) is 8.74. The number of carbonyl (C=O) groups excluding carboxylic acids is 1. The van der Waals surface area contributed by atoms with Gasteiger partial charge in [-0.2, -0.15) is 0 Å². The van der Waals surface area contributed by atoms with Crippen LogP contribution in [0.3, 0.4) is 0 Å². The maximum absolute atomic E-state index is 12.3. The average molecular weight is 313 g/mol. The van der Waals surface area contributed by atoms with Crippen LogP contribution in [0.25, 0.3) is 0 Å². The summed E-state index contributed by atoms with van der Waals surface area (Å²) >= 11 is 0. The molecule has 1 aromatic carbocycles. The number of unbranched alkanes of at least 4 members (excludes halogenated alkanes) is 3. The summed E-state index contributed by atoms with van der Waals surface area (Å²) in [5, 5.41) is 0. The largest absolute Gasteiger partial charge is 0.338 e. The molecule has 0 aromatic heterocycles. The summed E-state index contributed by atoms with van der Waals surface area (Å²) in [7, 11) is 0. The lowest BCUT2D eigenvalue weighted by Gasteiger charge is -2.22. The minimum atomic E-state index is 0. The number of nitrogens with two attached hydrogens (primary N) is 1. The predicted molar refractivity (Wildman–Crippen MR) is 91.5 cm³/mol. The van der Waals surface area contributed by atoms with Crippen molar-refractivity contribution in [1.82, 2.24) is 4.90 Å². The van der Waals surface area contributed by atoms with Crippen molar-refractivity contribution in [3.8, 4) is 0 Å². The van der Waals surface area contributed by atoms with Gasteiger partial charge in [-0.25, -0.2) is 0 Å². The lowest BCUT2D eigenvalue weighted by molar-refractivity contribution is -0.132. The molecular weight excluding hydrogens is 284 g/mol. The van der Waals surface area contributed by atoms with E-state index in [1.807, 2.05) is 23.1 Å². The summed E-state index contributed by atoms with van der Waals surface area (Å²) in [6, 6.07) is 10.2. The zero-order valence-electron chi connectivity index (χ0n) is 13.1. The number of hydrogen-bond donors (Lipinski definition) is 1. The van der Waals surface area contributed by atoms with Crippen LogP contribution in [0.15, 0.2) is 30.3 Å². The van der Waals surface area contributed by atoms with E-state index >= 15 is 0 Å². The molecule has 21 heavy (non-hydrogen) atoms. The first-order valence-corrected chi connectivity index (χ1v) is 7.79. The van der Waals surface area contributed by atoms with Crippen LogP contribution >= 0.6 is 12.4 Å². The van der Waals surface area contributed by atoms with Crippen LogP contribution in [-0.2, 0) is 11.3 Å². The van der Waals surface area contributed by atoms with E-state index in [2.05, 4.69) is 19.1 Å². The number of benzene rings is 1. The number of nitrogens with zero attached hydrogens (tertiary/aromatic N) is 1. The quantitative estimate of drug-likeness (QED) is 0.669. The number of amides is 1. The summed E-state index contributed by atoms with van der Waals surface area (Å²) in [5.41, 5.74) is 6.68. The average Bonchev–Trinajstić information content (AvgIpc) is 2.47. The summed E-state index contributed by atoms with van der Waals surface area (Å²) in [6.45, 7) is 4.45. The molecule has 1 rings (SSSR count). The maximum atomic E-state index is 12.3. The van der Waals surface area contributed by atoms with Gasteiger partial charge in [0.15, 0.2) is 0 Å². The predicted octanol–water partition coefficient (Wildman–Crippen LogP) is 3.76. The smallest absolute Gasteiger partial charge is 0.222 e. The van der Waals surface area contributed by atoms with Crippen molar-refractivity contribution in [2.45, 2.75) is 52.0 Å². The van der Waals surface area contributed by atoms with Gasteiger partial charge in [0, 0.05) is 19.5 Å². The Hall–Kier alpha value is -1.06. The molecule has 0 bridgehead atoms. The molecule has 1 amide bonds. The normalized spacial score (nSPS) is 10.0. The number of carbonyl (C=O) groups is 1. The van der Waals surface area contributed by atoms with Gasteiger partial charge in [-0.3, -0.25) is 4.79 Å². The molecule has 0 saturated carbocycles. The molecule has 3 nitrogen and oxygen atoms in total. The van der Waals surface area contributed by atoms with Crippen LogP contribution in [0.5, 0.6) is 0 Å². The maximum Gasteiger partial charge on any atom is 0.222 e. The summed E-state index contributed by atoms with van der Waals surface area (Å²) in [4.78, 5) is 14.3. The highest BCUT2D eigenvalue weighted by Crippen LogP contribution is 2.10. The summed E-state index contributed by atoms with van der Waals surface area (Å²) in [6.07, 6.45) is 5.96. The van der Waals surface area contributed by atoms with Gasteiger partial charge < -0.3 is 10.6 Å². The van der Waals surface area contributed by atoms with Crippen molar-refractivity contribution in [2.24, 2.45) is 5.73 Å². The summed E-state index contributed by atoms with van der Waals surface area (Å²) in [5.74, 6) is 0.281. The van der Waals surface area contributed by atoms with Crippen LogP contribution in [0, 0.1) is 0 Å². The Balaban J connectivity index is 0.00000400. The molecule has 0 unspecified atom stereocenters. The highest BCUT2D eigenvalue weighted by Gasteiger charge is 2.12. The zero-order valence-corrected chi connectivity index (χ0v) is 13.9. The monoisotopic (exact) mass is 312 g/mol. The second kappa shape index (κ2) is 12.7. The van der Waals surface area contributed by atoms with Crippen molar-refractivity contribution >= 4 is 18.3 Å². The highest BCUT2D eigenvalue weighted by molar-refractivity contribution is 5.85. The molecule has 2 N–H and O–H groups in total. The number of rotatable bonds is 10. The standard InChI is InChI=1S/C17H28N2O.ClH/c1-2-14-19(15-16-10-6-5-7-11-16)17(20)12-8-3-4-9-13-18;/h5-7,10-11H,2-4,8-9,12-15,18H2,1H3;1H. The second-order valence-corrected chi connectivity index (χ2v) is 5.25. The molecule has 0 aliphatic heterocycles. The van der Waals surface area contributed by atoms with Crippen molar-refractivity contribution in [2.75, 3.05) is 13.1 Å². The van der Waals surface area contributed by atoms with Gasteiger partial charge >= 0.3 is 0 Å². The van der Waals surface area contributed by atoms with E-state index in [9.17, 15) is 4.79 Å². The molecule has 0 aliphatic carbocycles. The minimum absolute atomic E-state index is 0. The molecule has 0 aliphatic rings. The third-order valence-electron chi connectivity index (χ3n) is 3.41. The zero-order chi connectivity index (χ0) is 14.6. The van der Waals surface area contributed by atoms with Crippen molar-refractivity contribution in [1.29, 1.82) is 0 Å². The van der Waals surface area contributed by atoms with Crippen molar-refractivity contribution < 1.29 is 4.79 Å². The van der Waals surface area contributed by atoms with E-state index in [0.29, 0.717) is 6.42 Å². The van der Waals surface area contributed by atoms with Crippen LogP contribution in [0.2, 0.25) is 0 Å². The van der Waals surface area contributed by atoms with E-state index in [1.54, 1.807) is 0 Å². The Bertz CT molecular complexity index is 370. The molecule has 0 spiro atoms. The first kappa shape index (κ1) is 19.9. The van der Waals surface area contributed by atoms with Gasteiger partial charge in [-0.05, 0) is 31.4 Å². The Kier molecular flexibility index (Phi) is 12.0. The molecule has 0 radical (unpaired) electrons. The lowest BCUT2D eigenvalue weighted by Crippen LogP contribution is -2.31. The fraction of sp³-hybridized carbons (Fsp3) is 0.588. The molecule has 0 saturated heterocycles. The van der Waals surface area contributed by atoms with Gasteiger partial charge in [-0.15, -0.1) is 12.4 Å². The molecular formula is C17H29ClN2O. The van der Waals surface area contributed by atoms with E-state index in [0.717, 1.165) is 51.7 Å². The molecule has 4 heteroatoms. The number of halogens is 1. The molecule has 1 aromatic rings. The van der Waals surface area contributed by atoms with Gasteiger partial charge in [0.05, 0.1) is 0 Å². The van der Waals surface area contributed by atoms with E-state index in [1.165, 1.54) is 5.56 Å². The fourth-order valence-corrected chi connectivity index (χ4v) is 2.30. The Labute approximate surface area is 135 Å². The van der Waals surface area contributed by atoms with E-state index in [4.69, 9.17) is 5.73 Å². The van der Waals surface area contributed by atoms with E-state index in [-0.39, 0.29) is 18.3 Å². The molecule has 120 valence electrons. The highest BCUT2D eigenvalue weighted by atomic mass is 35.5.